The molecule has 1 aliphatic rings. The van der Waals surface area contributed by atoms with Crippen molar-refractivity contribution in [3.8, 4) is 0 Å². The fraction of sp³-hybridized carbons (Fsp3) is 0.400. The maximum atomic E-state index is 13.5. The number of nitrogens with zero attached hydrogens (tertiary/aromatic N) is 3. The SMILES string of the molecule is CCn1cc(S(=O)(=O)N2CCc3c(Cl)cc(F)cc3C2)nc1C. The van der Waals surface area contributed by atoms with E-state index in [1.54, 1.807) is 17.7 Å². The number of imidazole rings is 1. The number of aromatic nitrogens is 2. The first-order valence-corrected chi connectivity index (χ1v) is 9.15. The van der Waals surface area contributed by atoms with Gasteiger partial charge in [0.15, 0.2) is 5.03 Å². The van der Waals surface area contributed by atoms with Crippen molar-refractivity contribution in [2.24, 2.45) is 0 Å². The highest BCUT2D eigenvalue weighted by Gasteiger charge is 2.31. The minimum absolute atomic E-state index is 0.0304. The van der Waals surface area contributed by atoms with Crippen LogP contribution in [0.2, 0.25) is 5.02 Å². The first-order valence-electron chi connectivity index (χ1n) is 7.33. The Hall–Kier alpha value is -1.44. The molecule has 8 heteroatoms. The van der Waals surface area contributed by atoms with E-state index in [1.807, 2.05) is 6.92 Å². The van der Waals surface area contributed by atoms with E-state index in [2.05, 4.69) is 4.98 Å². The van der Waals surface area contributed by atoms with E-state index in [0.717, 1.165) is 5.56 Å². The predicted octanol–water partition coefficient (Wildman–Crippen LogP) is 2.75. The minimum Gasteiger partial charge on any atom is -0.334 e. The van der Waals surface area contributed by atoms with Crippen LogP contribution in [0.3, 0.4) is 0 Å². The number of sulfonamides is 1. The van der Waals surface area contributed by atoms with Gasteiger partial charge in [0.25, 0.3) is 10.0 Å². The van der Waals surface area contributed by atoms with Gasteiger partial charge in [0.2, 0.25) is 0 Å². The number of halogens is 2. The molecule has 1 aliphatic heterocycles. The fourth-order valence-corrected chi connectivity index (χ4v) is 4.58. The Bertz CT molecular complexity index is 864. The number of fused-ring (bicyclic) bond motifs is 1. The van der Waals surface area contributed by atoms with Gasteiger partial charge in [-0.2, -0.15) is 4.31 Å². The summed E-state index contributed by atoms with van der Waals surface area (Å²) in [6, 6.07) is 2.61. The summed E-state index contributed by atoms with van der Waals surface area (Å²) < 4.78 is 42.2. The molecule has 0 N–H and O–H groups in total. The smallest absolute Gasteiger partial charge is 0.262 e. The fourth-order valence-electron chi connectivity index (χ4n) is 2.84. The van der Waals surface area contributed by atoms with Gasteiger partial charge in [0.05, 0.1) is 0 Å². The zero-order valence-electron chi connectivity index (χ0n) is 12.9. The molecule has 5 nitrogen and oxygen atoms in total. The lowest BCUT2D eigenvalue weighted by atomic mass is 10.0. The lowest BCUT2D eigenvalue weighted by molar-refractivity contribution is 0.388. The van der Waals surface area contributed by atoms with Gasteiger partial charge in [-0.25, -0.2) is 17.8 Å². The van der Waals surface area contributed by atoms with Gasteiger partial charge >= 0.3 is 0 Å². The number of aryl methyl sites for hydroxylation is 2. The van der Waals surface area contributed by atoms with Crippen molar-refractivity contribution in [1.82, 2.24) is 13.9 Å². The first-order chi connectivity index (χ1) is 10.8. The molecule has 3 rings (SSSR count). The molecule has 124 valence electrons. The van der Waals surface area contributed by atoms with E-state index < -0.39 is 15.8 Å². The Balaban J connectivity index is 1.95. The topological polar surface area (TPSA) is 55.2 Å². The largest absolute Gasteiger partial charge is 0.334 e. The number of benzene rings is 1. The lowest BCUT2D eigenvalue weighted by Gasteiger charge is -2.28. The predicted molar refractivity (Wildman–Crippen MR) is 85.3 cm³/mol. The molecule has 0 saturated heterocycles. The van der Waals surface area contributed by atoms with Crippen LogP contribution >= 0.6 is 11.6 Å². The second-order valence-corrected chi connectivity index (χ2v) is 7.82. The molecule has 0 fully saturated rings. The molecular formula is C15H17ClFN3O2S. The summed E-state index contributed by atoms with van der Waals surface area (Å²) in [6.07, 6.45) is 2.00. The summed E-state index contributed by atoms with van der Waals surface area (Å²) >= 11 is 6.05. The second-order valence-electron chi connectivity index (χ2n) is 5.53. The van der Waals surface area contributed by atoms with Crippen LogP contribution in [0.15, 0.2) is 23.4 Å². The highest BCUT2D eigenvalue weighted by atomic mass is 35.5. The zero-order valence-corrected chi connectivity index (χ0v) is 14.5. The Kier molecular flexibility index (Phi) is 4.20. The van der Waals surface area contributed by atoms with E-state index in [4.69, 9.17) is 11.6 Å². The summed E-state index contributed by atoms with van der Waals surface area (Å²) in [7, 11) is -3.71. The maximum Gasteiger partial charge on any atom is 0.262 e. The number of hydrogen-bond donors (Lipinski definition) is 0. The van der Waals surface area contributed by atoms with Crippen molar-refractivity contribution in [2.45, 2.75) is 38.4 Å². The Labute approximate surface area is 139 Å². The molecule has 1 aromatic heterocycles. The molecule has 2 heterocycles. The lowest BCUT2D eigenvalue weighted by Crippen LogP contribution is -2.36. The van der Waals surface area contributed by atoms with Crippen LogP contribution in [0.1, 0.15) is 23.9 Å². The second kappa shape index (κ2) is 5.89. The van der Waals surface area contributed by atoms with Gasteiger partial charge < -0.3 is 4.57 Å². The normalized spacial score (nSPS) is 15.7. The van der Waals surface area contributed by atoms with Crippen LogP contribution in [0.25, 0.3) is 0 Å². The van der Waals surface area contributed by atoms with E-state index in [1.165, 1.54) is 16.4 Å². The molecule has 0 bridgehead atoms. The molecule has 0 aliphatic carbocycles. The summed E-state index contributed by atoms with van der Waals surface area (Å²) in [5.74, 6) is 0.191. The molecule has 0 spiro atoms. The molecule has 0 radical (unpaired) electrons. The standard InChI is InChI=1S/C15H17ClFN3O2S/c1-3-19-9-15(18-10(19)2)23(21,22)20-5-4-13-11(8-20)6-12(17)7-14(13)16/h6-7,9H,3-5,8H2,1-2H3. The maximum absolute atomic E-state index is 13.5. The number of rotatable bonds is 3. The summed E-state index contributed by atoms with van der Waals surface area (Å²) in [4.78, 5) is 4.15. The van der Waals surface area contributed by atoms with Crippen molar-refractivity contribution >= 4 is 21.6 Å². The molecular weight excluding hydrogens is 341 g/mol. The molecule has 0 unspecified atom stereocenters. The molecule has 0 amide bonds. The Morgan fingerprint density at radius 3 is 2.78 bits per heavy atom. The van der Waals surface area contributed by atoms with Gasteiger partial charge in [0, 0.05) is 30.9 Å². The third-order valence-electron chi connectivity index (χ3n) is 4.11. The highest BCUT2D eigenvalue weighted by Crippen LogP contribution is 2.30. The van der Waals surface area contributed by atoms with Crippen LogP contribution in [0, 0.1) is 12.7 Å². The minimum atomic E-state index is -3.71. The monoisotopic (exact) mass is 357 g/mol. The first kappa shape index (κ1) is 16.4. The van der Waals surface area contributed by atoms with Crippen molar-refractivity contribution in [2.75, 3.05) is 6.54 Å². The molecule has 23 heavy (non-hydrogen) atoms. The van der Waals surface area contributed by atoms with Crippen LogP contribution in [-0.2, 0) is 29.5 Å². The third kappa shape index (κ3) is 2.88. The highest BCUT2D eigenvalue weighted by molar-refractivity contribution is 7.89. The average molecular weight is 358 g/mol. The van der Waals surface area contributed by atoms with E-state index in [9.17, 15) is 12.8 Å². The van der Waals surface area contributed by atoms with Gasteiger partial charge in [-0.05, 0) is 43.5 Å². The average Bonchev–Trinajstić information content (AvgIpc) is 2.88. The molecule has 0 atom stereocenters. The third-order valence-corrected chi connectivity index (χ3v) is 6.16. The summed E-state index contributed by atoms with van der Waals surface area (Å²) in [6.45, 7) is 4.75. The van der Waals surface area contributed by atoms with Crippen LogP contribution in [-0.4, -0.2) is 28.8 Å². The van der Waals surface area contributed by atoms with Crippen molar-refractivity contribution < 1.29 is 12.8 Å². The van der Waals surface area contributed by atoms with Crippen LogP contribution < -0.4 is 0 Å². The van der Waals surface area contributed by atoms with Gasteiger partial charge in [-0.1, -0.05) is 11.6 Å². The quantitative estimate of drug-likeness (QED) is 0.848. The van der Waals surface area contributed by atoms with E-state index in [0.29, 0.717) is 35.9 Å². The van der Waals surface area contributed by atoms with Crippen LogP contribution in [0.4, 0.5) is 4.39 Å². The molecule has 2 aromatic rings. The van der Waals surface area contributed by atoms with Gasteiger partial charge in [-0.3, -0.25) is 0 Å². The molecule has 0 saturated carbocycles. The van der Waals surface area contributed by atoms with Gasteiger partial charge in [-0.15, -0.1) is 0 Å². The van der Waals surface area contributed by atoms with Gasteiger partial charge in [0.1, 0.15) is 11.6 Å². The van der Waals surface area contributed by atoms with Crippen molar-refractivity contribution in [3.05, 3.63) is 46.1 Å². The van der Waals surface area contributed by atoms with E-state index in [-0.39, 0.29) is 11.6 Å². The Morgan fingerprint density at radius 2 is 2.13 bits per heavy atom. The van der Waals surface area contributed by atoms with E-state index >= 15 is 0 Å². The summed E-state index contributed by atoms with van der Waals surface area (Å²) in [5.41, 5.74) is 1.42. The zero-order chi connectivity index (χ0) is 16.8. The Morgan fingerprint density at radius 1 is 1.39 bits per heavy atom. The van der Waals surface area contributed by atoms with Crippen molar-refractivity contribution in [3.63, 3.8) is 0 Å². The van der Waals surface area contributed by atoms with Crippen molar-refractivity contribution in [1.29, 1.82) is 0 Å². The molecule has 1 aromatic carbocycles. The summed E-state index contributed by atoms with van der Waals surface area (Å²) in [5, 5.41) is 0.381. The number of hydrogen-bond acceptors (Lipinski definition) is 3. The van der Waals surface area contributed by atoms with Crippen LogP contribution in [0.5, 0.6) is 0 Å².